The maximum Gasteiger partial charge on any atom is 0.263 e. The van der Waals surface area contributed by atoms with Gasteiger partial charge in [0.1, 0.15) is 11.6 Å². The molecule has 18 heavy (non-hydrogen) atoms. The minimum atomic E-state index is -0.648. The molecule has 0 saturated heterocycles. The average molecular weight is 274 g/mol. The van der Waals surface area contributed by atoms with Crippen LogP contribution in [-0.4, -0.2) is 30.0 Å². The van der Waals surface area contributed by atoms with Gasteiger partial charge in [0, 0.05) is 19.2 Å². The van der Waals surface area contributed by atoms with Crippen LogP contribution in [0.3, 0.4) is 0 Å². The minimum absolute atomic E-state index is 0.0325. The predicted molar refractivity (Wildman–Crippen MR) is 69.4 cm³/mol. The first-order valence-corrected chi connectivity index (χ1v) is 6.27. The summed E-state index contributed by atoms with van der Waals surface area (Å²) in [6.07, 6.45) is -0.648. The molecule has 0 aliphatic carbocycles. The molecule has 5 heteroatoms. The fourth-order valence-corrected chi connectivity index (χ4v) is 1.71. The number of rotatable bonds is 5. The zero-order valence-corrected chi connectivity index (χ0v) is 11.5. The number of hydrogen-bond donors (Lipinski definition) is 0. The topological polar surface area (TPSA) is 29.5 Å². The van der Waals surface area contributed by atoms with Gasteiger partial charge in [-0.1, -0.05) is 11.6 Å². The summed E-state index contributed by atoms with van der Waals surface area (Å²) in [5.74, 6) is -0.378. The highest BCUT2D eigenvalue weighted by Gasteiger charge is 2.19. The zero-order valence-electron chi connectivity index (χ0n) is 10.7. The highest BCUT2D eigenvalue weighted by Crippen LogP contribution is 2.21. The van der Waals surface area contributed by atoms with Gasteiger partial charge in [-0.25, -0.2) is 4.39 Å². The minimum Gasteiger partial charge on any atom is -0.481 e. The molecular formula is C13H17ClFNO2. The van der Waals surface area contributed by atoms with E-state index in [0.717, 1.165) is 0 Å². The number of ether oxygens (including phenoxy) is 1. The van der Waals surface area contributed by atoms with Crippen LogP contribution in [0, 0.1) is 5.82 Å². The lowest BCUT2D eigenvalue weighted by Crippen LogP contribution is -2.40. The van der Waals surface area contributed by atoms with Crippen LogP contribution in [0.15, 0.2) is 18.2 Å². The number of likely N-dealkylation sites (N-methyl/N-ethyl adjacent to an activating group) is 1. The van der Waals surface area contributed by atoms with Crippen molar-refractivity contribution in [1.82, 2.24) is 4.90 Å². The van der Waals surface area contributed by atoms with Gasteiger partial charge < -0.3 is 9.64 Å². The maximum atomic E-state index is 13.2. The molecule has 0 bridgehead atoms. The zero-order chi connectivity index (χ0) is 13.7. The number of carbonyl (C=O) groups is 1. The molecule has 1 aromatic carbocycles. The molecule has 1 amide bonds. The van der Waals surface area contributed by atoms with Crippen molar-refractivity contribution in [2.75, 3.05) is 13.1 Å². The van der Waals surface area contributed by atoms with Crippen molar-refractivity contribution in [3.8, 4) is 5.75 Å². The van der Waals surface area contributed by atoms with Gasteiger partial charge in [0.2, 0.25) is 0 Å². The fraction of sp³-hybridized carbons (Fsp3) is 0.462. The molecule has 1 aromatic rings. The van der Waals surface area contributed by atoms with Crippen molar-refractivity contribution in [1.29, 1.82) is 0 Å². The first kappa shape index (κ1) is 14.8. The van der Waals surface area contributed by atoms with Crippen LogP contribution in [0.1, 0.15) is 20.8 Å². The molecule has 0 aliphatic rings. The summed E-state index contributed by atoms with van der Waals surface area (Å²) in [6.45, 7) is 6.69. The van der Waals surface area contributed by atoms with Crippen LogP contribution < -0.4 is 4.74 Å². The van der Waals surface area contributed by atoms with E-state index in [1.165, 1.54) is 18.2 Å². The second-order valence-corrected chi connectivity index (χ2v) is 4.25. The summed E-state index contributed by atoms with van der Waals surface area (Å²) in [6, 6.07) is 4.12. The van der Waals surface area contributed by atoms with Crippen LogP contribution in [0.4, 0.5) is 4.39 Å². The second kappa shape index (κ2) is 6.59. The molecule has 0 heterocycles. The van der Waals surface area contributed by atoms with E-state index in [2.05, 4.69) is 0 Å². The lowest BCUT2D eigenvalue weighted by Gasteiger charge is -2.23. The molecule has 0 spiro atoms. The lowest BCUT2D eigenvalue weighted by atomic mass is 10.3. The third-order valence-corrected chi connectivity index (χ3v) is 2.93. The van der Waals surface area contributed by atoms with Crippen LogP contribution in [-0.2, 0) is 4.79 Å². The first-order valence-electron chi connectivity index (χ1n) is 5.90. The van der Waals surface area contributed by atoms with Crippen LogP contribution in [0.5, 0.6) is 5.75 Å². The molecule has 1 unspecified atom stereocenters. The van der Waals surface area contributed by atoms with E-state index < -0.39 is 11.9 Å². The number of halogens is 2. The predicted octanol–water partition coefficient (Wildman–Crippen LogP) is 3.11. The van der Waals surface area contributed by atoms with Gasteiger partial charge in [-0.15, -0.1) is 0 Å². The van der Waals surface area contributed by atoms with Crippen LogP contribution >= 0.6 is 11.6 Å². The molecule has 0 radical (unpaired) electrons. The summed E-state index contributed by atoms with van der Waals surface area (Å²) < 4.78 is 18.6. The Morgan fingerprint density at radius 1 is 1.44 bits per heavy atom. The molecule has 1 rings (SSSR count). The smallest absolute Gasteiger partial charge is 0.263 e. The van der Waals surface area contributed by atoms with Gasteiger partial charge >= 0.3 is 0 Å². The van der Waals surface area contributed by atoms with Crippen molar-refractivity contribution >= 4 is 17.5 Å². The maximum absolute atomic E-state index is 13.2. The van der Waals surface area contributed by atoms with Crippen molar-refractivity contribution in [3.63, 3.8) is 0 Å². The summed E-state index contributed by atoms with van der Waals surface area (Å²) in [5.41, 5.74) is 0. The Kier molecular flexibility index (Phi) is 5.41. The largest absolute Gasteiger partial charge is 0.481 e. The molecule has 100 valence electrons. The van der Waals surface area contributed by atoms with E-state index in [-0.39, 0.29) is 10.9 Å². The Hall–Kier alpha value is -1.29. The molecule has 0 N–H and O–H groups in total. The molecule has 0 aromatic heterocycles. The van der Waals surface area contributed by atoms with Crippen LogP contribution in [0.2, 0.25) is 5.02 Å². The first-order chi connectivity index (χ1) is 8.49. The van der Waals surface area contributed by atoms with E-state index in [4.69, 9.17) is 16.3 Å². The van der Waals surface area contributed by atoms with Gasteiger partial charge in [-0.05, 0) is 32.9 Å². The van der Waals surface area contributed by atoms with Gasteiger partial charge in [0.15, 0.2) is 6.10 Å². The molecule has 1 atom stereocenters. The van der Waals surface area contributed by atoms with Crippen molar-refractivity contribution in [2.24, 2.45) is 0 Å². The Morgan fingerprint density at radius 2 is 2.06 bits per heavy atom. The van der Waals surface area contributed by atoms with Crippen LogP contribution in [0.25, 0.3) is 0 Å². The summed E-state index contributed by atoms with van der Waals surface area (Å²) in [7, 11) is 0. The van der Waals surface area contributed by atoms with Crippen molar-refractivity contribution < 1.29 is 13.9 Å². The van der Waals surface area contributed by atoms with Gasteiger partial charge in [0.05, 0.1) is 5.02 Å². The Bertz CT molecular complexity index is 421. The fourth-order valence-electron chi connectivity index (χ4n) is 1.60. The molecule has 3 nitrogen and oxygen atoms in total. The number of hydrogen-bond acceptors (Lipinski definition) is 2. The van der Waals surface area contributed by atoms with Crippen molar-refractivity contribution in [3.05, 3.63) is 29.0 Å². The van der Waals surface area contributed by atoms with E-state index in [1.807, 2.05) is 13.8 Å². The molecule has 0 saturated carbocycles. The Labute approximate surface area is 111 Å². The molecule has 0 fully saturated rings. The highest BCUT2D eigenvalue weighted by atomic mass is 35.5. The lowest BCUT2D eigenvalue weighted by molar-refractivity contribution is -0.137. The average Bonchev–Trinajstić information content (AvgIpc) is 2.35. The van der Waals surface area contributed by atoms with Gasteiger partial charge in [-0.3, -0.25) is 4.79 Å². The van der Waals surface area contributed by atoms with Gasteiger partial charge in [0.25, 0.3) is 5.91 Å². The molecular weight excluding hydrogens is 257 g/mol. The monoisotopic (exact) mass is 273 g/mol. The number of amides is 1. The van der Waals surface area contributed by atoms with E-state index in [1.54, 1.807) is 11.8 Å². The van der Waals surface area contributed by atoms with Gasteiger partial charge in [-0.2, -0.15) is 0 Å². The number of nitrogens with zero attached hydrogens (tertiary/aromatic N) is 1. The third-order valence-electron chi connectivity index (χ3n) is 2.63. The summed E-state index contributed by atoms with van der Waals surface area (Å²) in [5, 5.41) is 0.0325. The van der Waals surface area contributed by atoms with Crippen molar-refractivity contribution in [2.45, 2.75) is 26.9 Å². The number of benzene rings is 1. The third kappa shape index (κ3) is 3.60. The van der Waals surface area contributed by atoms with E-state index in [9.17, 15) is 9.18 Å². The normalized spacial score (nSPS) is 12.1. The SMILES string of the molecule is CCN(CC)C(=O)C(C)Oc1ccc(Cl)c(F)c1. The summed E-state index contributed by atoms with van der Waals surface area (Å²) >= 11 is 5.57. The second-order valence-electron chi connectivity index (χ2n) is 3.85. The number of carbonyl (C=O) groups excluding carboxylic acids is 1. The Balaban J connectivity index is 2.71. The van der Waals surface area contributed by atoms with E-state index in [0.29, 0.717) is 18.8 Å². The van der Waals surface area contributed by atoms with E-state index >= 15 is 0 Å². The summed E-state index contributed by atoms with van der Waals surface area (Å²) in [4.78, 5) is 13.6. The standard InChI is InChI=1S/C13H17ClFNO2/c1-4-16(5-2)13(17)9(3)18-10-6-7-11(14)12(15)8-10/h6-9H,4-5H2,1-3H3. The molecule has 0 aliphatic heterocycles. The Morgan fingerprint density at radius 3 is 2.56 bits per heavy atom. The quantitative estimate of drug-likeness (QED) is 0.825. The highest BCUT2D eigenvalue weighted by molar-refractivity contribution is 6.30.